The lowest BCUT2D eigenvalue weighted by Crippen LogP contribution is -2.14. The molecule has 18 heavy (non-hydrogen) atoms. The zero-order valence-electron chi connectivity index (χ0n) is 11.1. The summed E-state index contributed by atoms with van der Waals surface area (Å²) in [4.78, 5) is 1.42. The molecule has 2 heteroatoms. The SMILES string of the molecule is CC(C)c1ccc(C(CN)Cc2cccs2)cc1. The summed E-state index contributed by atoms with van der Waals surface area (Å²) >= 11 is 1.81. The first-order valence-electron chi connectivity index (χ1n) is 6.53. The Morgan fingerprint density at radius 1 is 1.06 bits per heavy atom. The molecular weight excluding hydrogens is 238 g/mol. The van der Waals surface area contributed by atoms with Gasteiger partial charge in [-0.05, 0) is 41.5 Å². The van der Waals surface area contributed by atoms with Crippen molar-refractivity contribution in [3.8, 4) is 0 Å². The minimum Gasteiger partial charge on any atom is -0.330 e. The van der Waals surface area contributed by atoms with Gasteiger partial charge in [-0.25, -0.2) is 0 Å². The lowest BCUT2D eigenvalue weighted by Gasteiger charge is -2.15. The molecule has 1 aromatic carbocycles. The first-order chi connectivity index (χ1) is 8.70. The number of nitrogens with two attached hydrogens (primary N) is 1. The number of benzene rings is 1. The molecule has 2 rings (SSSR count). The molecule has 0 spiro atoms. The second kappa shape index (κ2) is 6.17. The predicted molar refractivity (Wildman–Crippen MR) is 80.3 cm³/mol. The molecule has 0 amide bonds. The largest absolute Gasteiger partial charge is 0.330 e. The summed E-state index contributed by atoms with van der Waals surface area (Å²) < 4.78 is 0. The zero-order chi connectivity index (χ0) is 13.0. The van der Waals surface area contributed by atoms with Crippen LogP contribution < -0.4 is 5.73 Å². The number of hydrogen-bond acceptors (Lipinski definition) is 2. The van der Waals surface area contributed by atoms with Gasteiger partial charge in [0.25, 0.3) is 0 Å². The van der Waals surface area contributed by atoms with Crippen molar-refractivity contribution in [3.63, 3.8) is 0 Å². The van der Waals surface area contributed by atoms with Crippen LogP contribution in [0.2, 0.25) is 0 Å². The van der Waals surface area contributed by atoms with E-state index in [1.165, 1.54) is 16.0 Å². The van der Waals surface area contributed by atoms with Gasteiger partial charge in [-0.2, -0.15) is 0 Å². The Labute approximate surface area is 114 Å². The molecule has 0 saturated carbocycles. The molecule has 0 aliphatic rings. The van der Waals surface area contributed by atoms with Crippen LogP contribution >= 0.6 is 11.3 Å². The van der Waals surface area contributed by atoms with E-state index in [1.807, 2.05) is 11.3 Å². The highest BCUT2D eigenvalue weighted by Gasteiger charge is 2.11. The predicted octanol–water partition coefficient (Wildman–Crippen LogP) is 4.16. The molecule has 1 aromatic heterocycles. The molecule has 1 heterocycles. The second-order valence-corrected chi connectivity index (χ2v) is 6.07. The van der Waals surface area contributed by atoms with E-state index in [-0.39, 0.29) is 0 Å². The summed E-state index contributed by atoms with van der Waals surface area (Å²) in [5.74, 6) is 1.03. The third kappa shape index (κ3) is 3.21. The molecule has 2 N–H and O–H groups in total. The maximum absolute atomic E-state index is 5.92. The van der Waals surface area contributed by atoms with E-state index < -0.39 is 0 Å². The summed E-state index contributed by atoms with van der Waals surface area (Å²) in [5, 5.41) is 2.13. The third-order valence-corrected chi connectivity index (χ3v) is 4.29. The maximum atomic E-state index is 5.92. The average Bonchev–Trinajstić information content (AvgIpc) is 2.89. The van der Waals surface area contributed by atoms with Gasteiger partial charge in [-0.3, -0.25) is 0 Å². The summed E-state index contributed by atoms with van der Waals surface area (Å²) in [6.45, 7) is 5.15. The van der Waals surface area contributed by atoms with Crippen molar-refractivity contribution in [3.05, 3.63) is 57.8 Å². The van der Waals surface area contributed by atoms with Crippen LogP contribution in [-0.4, -0.2) is 6.54 Å². The number of thiophene rings is 1. The molecule has 1 nitrogen and oxygen atoms in total. The topological polar surface area (TPSA) is 26.0 Å². The Morgan fingerprint density at radius 3 is 2.22 bits per heavy atom. The maximum Gasteiger partial charge on any atom is 0.00517 e. The van der Waals surface area contributed by atoms with E-state index in [0.717, 1.165) is 6.42 Å². The zero-order valence-corrected chi connectivity index (χ0v) is 11.9. The fourth-order valence-electron chi connectivity index (χ4n) is 2.16. The Bertz CT molecular complexity index is 456. The van der Waals surface area contributed by atoms with Crippen LogP contribution in [0.3, 0.4) is 0 Å². The van der Waals surface area contributed by atoms with Crippen molar-refractivity contribution in [1.82, 2.24) is 0 Å². The Balaban J connectivity index is 2.12. The van der Waals surface area contributed by atoms with Gasteiger partial charge in [0.1, 0.15) is 0 Å². The van der Waals surface area contributed by atoms with Gasteiger partial charge in [0.05, 0.1) is 0 Å². The van der Waals surface area contributed by atoms with Gasteiger partial charge in [-0.15, -0.1) is 11.3 Å². The highest BCUT2D eigenvalue weighted by atomic mass is 32.1. The fraction of sp³-hybridized carbons (Fsp3) is 0.375. The van der Waals surface area contributed by atoms with Crippen molar-refractivity contribution >= 4 is 11.3 Å². The van der Waals surface area contributed by atoms with E-state index >= 15 is 0 Å². The highest BCUT2D eigenvalue weighted by molar-refractivity contribution is 7.09. The normalized spacial score (nSPS) is 12.9. The van der Waals surface area contributed by atoms with Crippen LogP contribution in [0.1, 0.15) is 41.7 Å². The van der Waals surface area contributed by atoms with Crippen LogP contribution in [0.15, 0.2) is 41.8 Å². The van der Waals surface area contributed by atoms with Crippen LogP contribution in [-0.2, 0) is 6.42 Å². The molecule has 1 atom stereocenters. The molecule has 0 fully saturated rings. The molecule has 0 bridgehead atoms. The Morgan fingerprint density at radius 2 is 1.72 bits per heavy atom. The number of hydrogen-bond donors (Lipinski definition) is 1. The molecule has 96 valence electrons. The van der Waals surface area contributed by atoms with E-state index in [2.05, 4.69) is 55.6 Å². The van der Waals surface area contributed by atoms with Crippen molar-refractivity contribution in [1.29, 1.82) is 0 Å². The smallest absolute Gasteiger partial charge is 0.00517 e. The lowest BCUT2D eigenvalue weighted by atomic mass is 9.92. The van der Waals surface area contributed by atoms with Crippen molar-refractivity contribution < 1.29 is 0 Å². The molecule has 0 aliphatic heterocycles. The lowest BCUT2D eigenvalue weighted by molar-refractivity contribution is 0.700. The Hall–Kier alpha value is -1.12. The Kier molecular flexibility index (Phi) is 4.56. The minimum absolute atomic E-state index is 0.435. The van der Waals surface area contributed by atoms with Gasteiger partial charge in [0.2, 0.25) is 0 Å². The van der Waals surface area contributed by atoms with Gasteiger partial charge in [-0.1, -0.05) is 44.2 Å². The summed E-state index contributed by atoms with van der Waals surface area (Å²) in [7, 11) is 0. The van der Waals surface area contributed by atoms with Crippen LogP contribution in [0.5, 0.6) is 0 Å². The highest BCUT2D eigenvalue weighted by Crippen LogP contribution is 2.24. The summed E-state index contributed by atoms with van der Waals surface area (Å²) in [5.41, 5.74) is 8.67. The average molecular weight is 259 g/mol. The quantitative estimate of drug-likeness (QED) is 0.857. The van der Waals surface area contributed by atoms with E-state index in [4.69, 9.17) is 5.73 Å². The van der Waals surface area contributed by atoms with E-state index in [9.17, 15) is 0 Å². The van der Waals surface area contributed by atoms with Crippen LogP contribution in [0.4, 0.5) is 0 Å². The van der Waals surface area contributed by atoms with E-state index in [1.54, 1.807) is 0 Å². The molecule has 0 aliphatic carbocycles. The summed E-state index contributed by atoms with van der Waals surface area (Å²) in [6.07, 6.45) is 1.05. The fourth-order valence-corrected chi connectivity index (χ4v) is 2.95. The third-order valence-electron chi connectivity index (χ3n) is 3.39. The van der Waals surface area contributed by atoms with E-state index in [0.29, 0.717) is 18.4 Å². The molecule has 1 unspecified atom stereocenters. The molecule has 2 aromatic rings. The van der Waals surface area contributed by atoms with Crippen molar-refractivity contribution in [2.24, 2.45) is 5.73 Å². The number of rotatable bonds is 5. The standard InChI is InChI=1S/C16H21NS/c1-12(2)13-5-7-14(8-6-13)15(11-17)10-16-4-3-9-18-16/h3-9,12,15H,10-11,17H2,1-2H3. The van der Waals surface area contributed by atoms with Gasteiger partial charge in [0, 0.05) is 10.8 Å². The first kappa shape index (κ1) is 13.3. The second-order valence-electron chi connectivity index (χ2n) is 5.04. The monoisotopic (exact) mass is 259 g/mol. The van der Waals surface area contributed by atoms with Crippen LogP contribution in [0.25, 0.3) is 0 Å². The molecular formula is C16H21NS. The van der Waals surface area contributed by atoms with Crippen LogP contribution in [0, 0.1) is 0 Å². The van der Waals surface area contributed by atoms with Gasteiger partial charge < -0.3 is 5.73 Å². The van der Waals surface area contributed by atoms with Gasteiger partial charge in [0.15, 0.2) is 0 Å². The van der Waals surface area contributed by atoms with Crippen molar-refractivity contribution in [2.75, 3.05) is 6.54 Å². The van der Waals surface area contributed by atoms with Gasteiger partial charge >= 0.3 is 0 Å². The minimum atomic E-state index is 0.435. The van der Waals surface area contributed by atoms with Crippen molar-refractivity contribution in [2.45, 2.75) is 32.1 Å². The molecule has 0 saturated heterocycles. The first-order valence-corrected chi connectivity index (χ1v) is 7.41. The molecule has 0 radical (unpaired) electrons. The summed E-state index contributed by atoms with van der Waals surface area (Å²) in [6, 6.07) is 13.2.